The Hall–Kier alpha value is -2.43. The summed E-state index contributed by atoms with van der Waals surface area (Å²) in [6, 6.07) is 8.56. The van der Waals surface area contributed by atoms with E-state index in [9.17, 15) is 4.39 Å². The molecule has 20 heavy (non-hydrogen) atoms. The van der Waals surface area contributed by atoms with E-state index in [1.54, 1.807) is 12.3 Å². The van der Waals surface area contributed by atoms with E-state index in [1.807, 2.05) is 29.7 Å². The Labute approximate surface area is 116 Å². The standard InChI is InChI=1S/C15H15FN4/c1-10-9-12(16)5-4-11(10)6-8-20-14-13(19-15(20)17)3-2-7-18-14/h2-5,7,9H,6,8H2,1H3,(H2,17,19). The molecule has 2 N–H and O–H groups in total. The highest BCUT2D eigenvalue weighted by atomic mass is 19.1. The summed E-state index contributed by atoms with van der Waals surface area (Å²) in [6.07, 6.45) is 2.49. The van der Waals surface area contributed by atoms with Gasteiger partial charge < -0.3 is 5.73 Å². The first-order chi connectivity index (χ1) is 9.65. The number of nitrogen functional groups attached to an aromatic ring is 1. The van der Waals surface area contributed by atoms with Crippen LogP contribution in [0.3, 0.4) is 0 Å². The number of hydrogen-bond donors (Lipinski definition) is 1. The number of imidazole rings is 1. The smallest absolute Gasteiger partial charge is 0.202 e. The number of aromatic nitrogens is 3. The number of anilines is 1. The zero-order valence-electron chi connectivity index (χ0n) is 11.2. The second-order valence-electron chi connectivity index (χ2n) is 4.79. The van der Waals surface area contributed by atoms with Crippen molar-refractivity contribution in [2.24, 2.45) is 0 Å². The van der Waals surface area contributed by atoms with Crippen molar-refractivity contribution < 1.29 is 4.39 Å². The fourth-order valence-corrected chi connectivity index (χ4v) is 2.37. The van der Waals surface area contributed by atoms with Crippen LogP contribution in [0.2, 0.25) is 0 Å². The fourth-order valence-electron chi connectivity index (χ4n) is 2.37. The van der Waals surface area contributed by atoms with E-state index in [2.05, 4.69) is 9.97 Å². The number of nitrogens with zero attached hydrogens (tertiary/aromatic N) is 3. The largest absolute Gasteiger partial charge is 0.369 e. The molecule has 2 heterocycles. The van der Waals surface area contributed by atoms with Gasteiger partial charge in [-0.15, -0.1) is 0 Å². The molecule has 3 rings (SSSR count). The molecule has 0 fully saturated rings. The van der Waals surface area contributed by atoms with Crippen LogP contribution in [0, 0.1) is 12.7 Å². The van der Waals surface area contributed by atoms with Crippen LogP contribution in [0.25, 0.3) is 11.2 Å². The first-order valence-corrected chi connectivity index (χ1v) is 6.47. The van der Waals surface area contributed by atoms with Crippen LogP contribution in [-0.4, -0.2) is 14.5 Å². The van der Waals surface area contributed by atoms with E-state index >= 15 is 0 Å². The van der Waals surface area contributed by atoms with E-state index in [1.165, 1.54) is 6.07 Å². The molecule has 0 amide bonds. The van der Waals surface area contributed by atoms with Crippen molar-refractivity contribution in [1.82, 2.24) is 14.5 Å². The monoisotopic (exact) mass is 270 g/mol. The fraction of sp³-hybridized carbons (Fsp3) is 0.200. The highest BCUT2D eigenvalue weighted by Gasteiger charge is 2.09. The molecule has 0 aliphatic heterocycles. The first kappa shape index (κ1) is 12.6. The molecule has 1 aromatic carbocycles. The number of benzene rings is 1. The molecule has 0 aliphatic carbocycles. The summed E-state index contributed by atoms with van der Waals surface area (Å²) in [6.45, 7) is 2.58. The van der Waals surface area contributed by atoms with Gasteiger partial charge in [-0.2, -0.15) is 0 Å². The molecule has 2 aromatic heterocycles. The second kappa shape index (κ2) is 4.92. The number of halogens is 1. The van der Waals surface area contributed by atoms with Gasteiger partial charge in [-0.3, -0.25) is 4.57 Å². The number of pyridine rings is 1. The molecule has 0 radical (unpaired) electrons. The van der Waals surface area contributed by atoms with Gasteiger partial charge in [0.15, 0.2) is 5.65 Å². The van der Waals surface area contributed by atoms with Gasteiger partial charge in [0, 0.05) is 12.7 Å². The van der Waals surface area contributed by atoms with Crippen molar-refractivity contribution in [1.29, 1.82) is 0 Å². The number of hydrogen-bond acceptors (Lipinski definition) is 3. The normalized spacial score (nSPS) is 11.1. The molecule has 0 unspecified atom stereocenters. The van der Waals surface area contributed by atoms with E-state index in [0.717, 1.165) is 28.7 Å². The zero-order chi connectivity index (χ0) is 14.1. The lowest BCUT2D eigenvalue weighted by molar-refractivity contribution is 0.624. The summed E-state index contributed by atoms with van der Waals surface area (Å²) in [7, 11) is 0. The Morgan fingerprint density at radius 2 is 2.15 bits per heavy atom. The van der Waals surface area contributed by atoms with Crippen LogP contribution in [0.15, 0.2) is 36.5 Å². The Morgan fingerprint density at radius 3 is 2.95 bits per heavy atom. The topological polar surface area (TPSA) is 56.7 Å². The van der Waals surface area contributed by atoms with Crippen molar-refractivity contribution in [3.8, 4) is 0 Å². The van der Waals surface area contributed by atoms with Gasteiger partial charge in [0.2, 0.25) is 5.95 Å². The van der Waals surface area contributed by atoms with E-state index in [4.69, 9.17) is 5.73 Å². The van der Waals surface area contributed by atoms with E-state index in [-0.39, 0.29) is 5.82 Å². The van der Waals surface area contributed by atoms with Gasteiger partial charge in [0.05, 0.1) is 0 Å². The molecule has 0 aliphatic rings. The molecule has 102 valence electrons. The molecule has 5 heteroatoms. The lowest BCUT2D eigenvalue weighted by Gasteiger charge is -2.08. The summed E-state index contributed by atoms with van der Waals surface area (Å²) in [5, 5.41) is 0. The second-order valence-corrected chi connectivity index (χ2v) is 4.79. The van der Waals surface area contributed by atoms with Crippen LogP contribution in [0.1, 0.15) is 11.1 Å². The molecule has 0 atom stereocenters. The maximum atomic E-state index is 13.1. The number of rotatable bonds is 3. The Kier molecular flexibility index (Phi) is 3.10. The molecular formula is C15H15FN4. The van der Waals surface area contributed by atoms with Gasteiger partial charge in [0.25, 0.3) is 0 Å². The van der Waals surface area contributed by atoms with Crippen molar-refractivity contribution in [3.05, 3.63) is 53.5 Å². The maximum Gasteiger partial charge on any atom is 0.202 e. The number of nitrogens with two attached hydrogens (primary N) is 1. The van der Waals surface area contributed by atoms with E-state index < -0.39 is 0 Å². The van der Waals surface area contributed by atoms with Crippen molar-refractivity contribution >= 4 is 17.1 Å². The van der Waals surface area contributed by atoms with Crippen LogP contribution >= 0.6 is 0 Å². The summed E-state index contributed by atoms with van der Waals surface area (Å²) >= 11 is 0. The third-order valence-electron chi connectivity index (χ3n) is 3.44. The summed E-state index contributed by atoms with van der Waals surface area (Å²) in [5.74, 6) is 0.249. The van der Waals surface area contributed by atoms with Crippen LogP contribution < -0.4 is 5.73 Å². The molecular weight excluding hydrogens is 255 g/mol. The van der Waals surface area contributed by atoms with Gasteiger partial charge in [-0.25, -0.2) is 14.4 Å². The third kappa shape index (κ3) is 2.22. The average molecular weight is 270 g/mol. The average Bonchev–Trinajstić information content (AvgIpc) is 2.74. The third-order valence-corrected chi connectivity index (χ3v) is 3.44. The number of aryl methyl sites for hydroxylation is 3. The van der Waals surface area contributed by atoms with Crippen LogP contribution in [-0.2, 0) is 13.0 Å². The molecule has 4 nitrogen and oxygen atoms in total. The first-order valence-electron chi connectivity index (χ1n) is 6.47. The molecule has 0 bridgehead atoms. The minimum Gasteiger partial charge on any atom is -0.369 e. The minimum absolute atomic E-state index is 0.208. The quantitative estimate of drug-likeness (QED) is 0.796. The molecule has 0 saturated carbocycles. The van der Waals surface area contributed by atoms with Crippen molar-refractivity contribution in [2.45, 2.75) is 19.9 Å². The van der Waals surface area contributed by atoms with Crippen LogP contribution in [0.4, 0.5) is 10.3 Å². The highest BCUT2D eigenvalue weighted by Crippen LogP contribution is 2.17. The summed E-state index contributed by atoms with van der Waals surface area (Å²) in [4.78, 5) is 8.59. The van der Waals surface area contributed by atoms with Gasteiger partial charge >= 0.3 is 0 Å². The summed E-state index contributed by atoms with van der Waals surface area (Å²) < 4.78 is 15.0. The Bertz CT molecular complexity index is 764. The van der Waals surface area contributed by atoms with Gasteiger partial charge in [-0.1, -0.05) is 6.07 Å². The zero-order valence-corrected chi connectivity index (χ0v) is 11.2. The molecule has 3 aromatic rings. The Balaban J connectivity index is 1.88. The van der Waals surface area contributed by atoms with Crippen molar-refractivity contribution in [2.75, 3.05) is 5.73 Å². The molecule has 0 saturated heterocycles. The minimum atomic E-state index is -0.208. The highest BCUT2D eigenvalue weighted by molar-refractivity contribution is 5.73. The van der Waals surface area contributed by atoms with Crippen LogP contribution in [0.5, 0.6) is 0 Å². The van der Waals surface area contributed by atoms with Gasteiger partial charge in [-0.05, 0) is 48.7 Å². The lowest BCUT2D eigenvalue weighted by atomic mass is 10.1. The van der Waals surface area contributed by atoms with Gasteiger partial charge in [0.1, 0.15) is 11.3 Å². The van der Waals surface area contributed by atoms with Crippen molar-refractivity contribution in [3.63, 3.8) is 0 Å². The SMILES string of the molecule is Cc1cc(F)ccc1CCn1c(N)nc2cccnc21. The Morgan fingerprint density at radius 1 is 1.30 bits per heavy atom. The summed E-state index contributed by atoms with van der Waals surface area (Å²) in [5.41, 5.74) is 9.55. The number of fused-ring (bicyclic) bond motifs is 1. The predicted molar refractivity (Wildman–Crippen MR) is 76.8 cm³/mol. The predicted octanol–water partition coefficient (Wildman–Crippen LogP) is 2.70. The lowest BCUT2D eigenvalue weighted by Crippen LogP contribution is -2.07. The maximum absolute atomic E-state index is 13.1. The van der Waals surface area contributed by atoms with E-state index in [0.29, 0.717) is 12.5 Å². The molecule has 0 spiro atoms.